The van der Waals surface area contributed by atoms with Crippen LogP contribution in [0.2, 0.25) is 0 Å². The minimum Gasteiger partial charge on any atom is -0.508 e. The zero-order valence-corrected chi connectivity index (χ0v) is 16.4. The van der Waals surface area contributed by atoms with Crippen molar-refractivity contribution in [2.45, 2.75) is 39.7 Å². The van der Waals surface area contributed by atoms with Crippen LogP contribution >= 0.6 is 0 Å². The van der Waals surface area contributed by atoms with Crippen molar-refractivity contribution in [2.75, 3.05) is 6.54 Å². The van der Waals surface area contributed by atoms with Gasteiger partial charge >= 0.3 is 0 Å². The number of hydrogen-bond acceptors (Lipinski definition) is 4. The number of likely N-dealkylation sites (tertiary alicyclic amines) is 1. The first-order chi connectivity index (χ1) is 13.3. The predicted octanol–water partition coefficient (Wildman–Crippen LogP) is 4.23. The van der Waals surface area contributed by atoms with Gasteiger partial charge in [0.05, 0.1) is 11.6 Å². The predicted molar refractivity (Wildman–Crippen MR) is 108 cm³/mol. The molecule has 2 aromatic rings. The van der Waals surface area contributed by atoms with Crippen LogP contribution in [0.1, 0.15) is 48.1 Å². The monoisotopic (exact) mass is 379 g/mol. The highest BCUT2D eigenvalue weighted by molar-refractivity contribution is 6.46. The summed E-state index contributed by atoms with van der Waals surface area (Å²) in [5.74, 6) is -1.45. The zero-order valence-electron chi connectivity index (χ0n) is 16.4. The Kier molecular flexibility index (Phi) is 5.54. The van der Waals surface area contributed by atoms with E-state index in [1.54, 1.807) is 18.2 Å². The topological polar surface area (TPSA) is 77.8 Å². The van der Waals surface area contributed by atoms with Gasteiger partial charge in [-0.15, -0.1) is 0 Å². The normalized spacial score (nSPS) is 18.7. The molecule has 1 unspecified atom stereocenters. The third-order valence-electron chi connectivity index (χ3n) is 5.26. The fourth-order valence-corrected chi connectivity index (χ4v) is 3.52. The maximum Gasteiger partial charge on any atom is 0.295 e. The minimum atomic E-state index is -0.722. The van der Waals surface area contributed by atoms with Crippen molar-refractivity contribution < 1.29 is 19.8 Å². The molecule has 0 saturated carbocycles. The van der Waals surface area contributed by atoms with E-state index in [4.69, 9.17) is 0 Å². The van der Waals surface area contributed by atoms with Gasteiger partial charge in [0.1, 0.15) is 11.5 Å². The second-order valence-electron chi connectivity index (χ2n) is 7.24. The molecule has 1 atom stereocenters. The van der Waals surface area contributed by atoms with Gasteiger partial charge in [0.25, 0.3) is 11.7 Å². The van der Waals surface area contributed by atoms with Gasteiger partial charge in [-0.2, -0.15) is 0 Å². The van der Waals surface area contributed by atoms with Crippen molar-refractivity contribution in [3.05, 3.63) is 70.3 Å². The summed E-state index contributed by atoms with van der Waals surface area (Å²) < 4.78 is 0. The molecule has 1 saturated heterocycles. The van der Waals surface area contributed by atoms with Crippen molar-refractivity contribution >= 4 is 17.4 Å². The van der Waals surface area contributed by atoms with E-state index >= 15 is 0 Å². The first-order valence-electron chi connectivity index (χ1n) is 9.50. The van der Waals surface area contributed by atoms with Crippen molar-refractivity contribution in [2.24, 2.45) is 0 Å². The van der Waals surface area contributed by atoms with Gasteiger partial charge in [-0.3, -0.25) is 9.59 Å². The standard InChI is InChI=1S/C23H25NO4/c1-4-5-11-24-20(16-7-6-8-18(25)13-16)19(22(27)23(24)28)21(26)17-10-9-14(2)15(3)12-17/h6-10,12-13,20,25-26H,4-5,11H2,1-3H3/b21-19-. The number of unbranched alkanes of at least 4 members (excludes halogenated alkanes) is 1. The maximum atomic E-state index is 12.8. The molecule has 1 amide bonds. The number of aryl methyl sites for hydroxylation is 2. The van der Waals surface area contributed by atoms with E-state index in [0.717, 1.165) is 24.0 Å². The summed E-state index contributed by atoms with van der Waals surface area (Å²) in [6, 6.07) is 11.2. The van der Waals surface area contributed by atoms with Crippen LogP contribution in [0, 0.1) is 13.8 Å². The quantitative estimate of drug-likeness (QED) is 0.463. The van der Waals surface area contributed by atoms with Gasteiger partial charge in [-0.1, -0.05) is 37.6 Å². The number of aromatic hydroxyl groups is 1. The van der Waals surface area contributed by atoms with Crippen LogP contribution in [0.4, 0.5) is 0 Å². The Morgan fingerprint density at radius 2 is 1.82 bits per heavy atom. The van der Waals surface area contributed by atoms with Crippen LogP contribution in [0.25, 0.3) is 5.76 Å². The first-order valence-corrected chi connectivity index (χ1v) is 9.50. The van der Waals surface area contributed by atoms with Gasteiger partial charge in [-0.25, -0.2) is 0 Å². The molecule has 0 aliphatic carbocycles. The lowest BCUT2D eigenvalue weighted by Crippen LogP contribution is -2.30. The molecule has 3 rings (SSSR count). The molecule has 0 aromatic heterocycles. The summed E-state index contributed by atoms with van der Waals surface area (Å²) in [7, 11) is 0. The summed E-state index contributed by atoms with van der Waals surface area (Å²) in [5, 5.41) is 20.9. The molecule has 5 nitrogen and oxygen atoms in total. The van der Waals surface area contributed by atoms with E-state index in [0.29, 0.717) is 17.7 Å². The molecular formula is C23H25NO4. The summed E-state index contributed by atoms with van der Waals surface area (Å²) in [6.45, 7) is 6.31. The van der Waals surface area contributed by atoms with E-state index < -0.39 is 17.7 Å². The smallest absolute Gasteiger partial charge is 0.295 e. The van der Waals surface area contributed by atoms with E-state index in [2.05, 4.69) is 0 Å². The molecule has 0 bridgehead atoms. The Hall–Kier alpha value is -3.08. The summed E-state index contributed by atoms with van der Waals surface area (Å²) in [6.07, 6.45) is 1.61. The summed E-state index contributed by atoms with van der Waals surface area (Å²) in [5.41, 5.74) is 3.22. The Morgan fingerprint density at radius 1 is 1.07 bits per heavy atom. The van der Waals surface area contributed by atoms with Crippen LogP contribution < -0.4 is 0 Å². The number of nitrogens with zero attached hydrogens (tertiary/aromatic N) is 1. The van der Waals surface area contributed by atoms with Gasteiger partial charge < -0.3 is 15.1 Å². The molecule has 0 spiro atoms. The molecular weight excluding hydrogens is 354 g/mol. The van der Waals surface area contributed by atoms with Crippen molar-refractivity contribution in [3.8, 4) is 5.75 Å². The largest absolute Gasteiger partial charge is 0.508 e. The van der Waals surface area contributed by atoms with E-state index in [-0.39, 0.29) is 17.1 Å². The molecule has 1 heterocycles. The lowest BCUT2D eigenvalue weighted by molar-refractivity contribution is -0.139. The second kappa shape index (κ2) is 7.89. The highest BCUT2D eigenvalue weighted by atomic mass is 16.3. The van der Waals surface area contributed by atoms with Crippen LogP contribution in [0.15, 0.2) is 48.0 Å². The van der Waals surface area contributed by atoms with Crippen LogP contribution in [-0.2, 0) is 9.59 Å². The number of phenols is 1. The Balaban J connectivity index is 2.18. The number of hydrogen-bond donors (Lipinski definition) is 2. The summed E-state index contributed by atoms with van der Waals surface area (Å²) in [4.78, 5) is 27.1. The Morgan fingerprint density at radius 3 is 2.46 bits per heavy atom. The van der Waals surface area contributed by atoms with E-state index in [1.165, 1.54) is 17.0 Å². The molecule has 1 aliphatic heterocycles. The number of phenolic OH excluding ortho intramolecular Hbond substituents is 1. The second-order valence-corrected chi connectivity index (χ2v) is 7.24. The summed E-state index contributed by atoms with van der Waals surface area (Å²) >= 11 is 0. The number of amides is 1. The number of carbonyl (C=O) groups is 2. The lowest BCUT2D eigenvalue weighted by atomic mass is 9.94. The van der Waals surface area contributed by atoms with Gasteiger partial charge in [0, 0.05) is 12.1 Å². The number of rotatable bonds is 5. The van der Waals surface area contributed by atoms with E-state index in [9.17, 15) is 19.8 Å². The molecule has 2 aromatic carbocycles. The maximum absolute atomic E-state index is 12.8. The Labute approximate surface area is 164 Å². The molecule has 1 aliphatic rings. The average molecular weight is 379 g/mol. The fraction of sp³-hybridized carbons (Fsp3) is 0.304. The van der Waals surface area contributed by atoms with E-state index in [1.807, 2.05) is 32.9 Å². The van der Waals surface area contributed by atoms with Gasteiger partial charge in [-0.05, 0) is 55.2 Å². The van der Waals surface area contributed by atoms with Crippen molar-refractivity contribution in [1.29, 1.82) is 0 Å². The van der Waals surface area contributed by atoms with Crippen LogP contribution in [0.5, 0.6) is 5.75 Å². The molecule has 1 fully saturated rings. The van der Waals surface area contributed by atoms with Crippen molar-refractivity contribution in [3.63, 3.8) is 0 Å². The van der Waals surface area contributed by atoms with Crippen LogP contribution in [0.3, 0.4) is 0 Å². The highest BCUT2D eigenvalue weighted by Gasteiger charge is 2.45. The average Bonchev–Trinajstić information content (AvgIpc) is 2.92. The highest BCUT2D eigenvalue weighted by Crippen LogP contribution is 2.40. The number of carbonyl (C=O) groups excluding carboxylic acids is 2. The molecule has 0 radical (unpaired) electrons. The SMILES string of the molecule is CCCCN1C(=O)C(=O)/C(=C(\O)c2ccc(C)c(C)c2)C1c1cccc(O)c1. The third-order valence-corrected chi connectivity index (χ3v) is 5.26. The number of aliphatic hydroxyl groups is 1. The number of aliphatic hydroxyl groups excluding tert-OH is 1. The van der Waals surface area contributed by atoms with Gasteiger partial charge in [0.2, 0.25) is 0 Å². The van der Waals surface area contributed by atoms with Crippen LogP contribution in [-0.4, -0.2) is 33.3 Å². The minimum absolute atomic E-state index is 0.0461. The molecule has 2 N–H and O–H groups in total. The van der Waals surface area contributed by atoms with Gasteiger partial charge in [0.15, 0.2) is 0 Å². The first kappa shape index (κ1) is 19.7. The Bertz CT molecular complexity index is 961. The number of benzene rings is 2. The zero-order chi connectivity index (χ0) is 20.4. The number of Topliss-reactive ketones (excluding diaryl/α,β-unsaturated/α-hetero) is 1. The molecule has 28 heavy (non-hydrogen) atoms. The molecule has 146 valence electrons. The molecule has 5 heteroatoms. The fourth-order valence-electron chi connectivity index (χ4n) is 3.52. The third kappa shape index (κ3) is 3.52. The van der Waals surface area contributed by atoms with Crippen molar-refractivity contribution in [1.82, 2.24) is 4.90 Å². The lowest BCUT2D eigenvalue weighted by Gasteiger charge is -2.25. The number of ketones is 1.